The van der Waals surface area contributed by atoms with Crippen molar-refractivity contribution in [3.63, 3.8) is 0 Å². The Kier molecular flexibility index (Phi) is 13.4. The van der Waals surface area contributed by atoms with Crippen LogP contribution in [-0.4, -0.2) is 88.3 Å². The molecule has 58 heavy (non-hydrogen) atoms. The Hall–Kier alpha value is -6.23. The Balaban J connectivity index is 0.000000156. The van der Waals surface area contributed by atoms with E-state index in [1.165, 1.54) is 17.5 Å². The van der Waals surface area contributed by atoms with E-state index in [0.717, 1.165) is 45.2 Å². The van der Waals surface area contributed by atoms with E-state index in [0.29, 0.717) is 74.2 Å². The van der Waals surface area contributed by atoms with Crippen LogP contribution in [0.4, 0.5) is 24.7 Å². The van der Waals surface area contributed by atoms with Crippen LogP contribution < -0.4 is 20.3 Å². The van der Waals surface area contributed by atoms with Crippen LogP contribution >= 0.6 is 22.7 Å². The molecule has 13 nitrogen and oxygen atoms in total. The zero-order chi connectivity index (χ0) is 41.3. The van der Waals surface area contributed by atoms with Gasteiger partial charge in [-0.25, -0.2) is 23.6 Å². The van der Waals surface area contributed by atoms with E-state index < -0.39 is 11.9 Å². The Morgan fingerprint density at radius 3 is 2.14 bits per heavy atom. The van der Waals surface area contributed by atoms with Crippen molar-refractivity contribution in [1.29, 1.82) is 0 Å². The van der Waals surface area contributed by atoms with Crippen LogP contribution in [0.2, 0.25) is 0 Å². The number of halogens is 1. The first-order valence-electron chi connectivity index (χ1n) is 18.4. The van der Waals surface area contributed by atoms with Gasteiger partial charge < -0.3 is 35.5 Å². The fourth-order valence-electron chi connectivity index (χ4n) is 6.49. The van der Waals surface area contributed by atoms with E-state index in [9.17, 15) is 23.6 Å². The topological polar surface area (TPSA) is 173 Å². The number of carbonyl (C=O) groups is 4. The van der Waals surface area contributed by atoms with Gasteiger partial charge in [-0.3, -0.25) is 9.80 Å². The summed E-state index contributed by atoms with van der Waals surface area (Å²) in [5.41, 5.74) is 10.5. The third-order valence-electron chi connectivity index (χ3n) is 9.52. The molecule has 5 heterocycles. The number of carboxylic acids is 2. The first kappa shape index (κ1) is 41.4. The molecule has 0 saturated carbocycles. The molecule has 3 aromatic carbocycles. The van der Waals surface area contributed by atoms with Gasteiger partial charge in [-0.15, -0.1) is 22.7 Å². The van der Waals surface area contributed by atoms with Crippen molar-refractivity contribution in [2.24, 2.45) is 5.73 Å². The van der Waals surface area contributed by atoms with Crippen molar-refractivity contribution >= 4 is 68.3 Å². The minimum absolute atomic E-state index is 0.107. The van der Waals surface area contributed by atoms with Crippen molar-refractivity contribution in [3.05, 3.63) is 134 Å². The Bertz CT molecular complexity index is 2350. The molecule has 0 bridgehead atoms. The summed E-state index contributed by atoms with van der Waals surface area (Å²) in [6, 6.07) is 27.3. The molecule has 0 atom stereocenters. The molecule has 2 aliphatic heterocycles. The van der Waals surface area contributed by atoms with Crippen molar-refractivity contribution in [2.45, 2.75) is 26.9 Å². The Labute approximate surface area is 342 Å². The van der Waals surface area contributed by atoms with Crippen LogP contribution in [0.25, 0.3) is 10.9 Å². The number of rotatable bonds is 11. The van der Waals surface area contributed by atoms with E-state index in [2.05, 4.69) is 23.2 Å². The van der Waals surface area contributed by atoms with Gasteiger partial charge in [0.1, 0.15) is 32.9 Å². The van der Waals surface area contributed by atoms with Gasteiger partial charge in [-0.05, 0) is 78.4 Å². The summed E-state index contributed by atoms with van der Waals surface area (Å²) in [6.45, 7) is 7.60. The number of nitrogens with two attached hydrogens (primary N) is 1. The van der Waals surface area contributed by atoms with Crippen LogP contribution in [0.15, 0.2) is 96.4 Å². The molecule has 0 aliphatic carbocycles. The molecule has 2 saturated heterocycles. The van der Waals surface area contributed by atoms with Crippen molar-refractivity contribution in [2.75, 3.05) is 49.1 Å². The zero-order valence-corrected chi connectivity index (χ0v) is 33.5. The second-order valence-corrected chi connectivity index (χ2v) is 15.3. The zero-order valence-electron chi connectivity index (χ0n) is 31.9. The van der Waals surface area contributed by atoms with Crippen LogP contribution in [0.5, 0.6) is 5.75 Å². The SMILES string of the molecule is Cc1c(N2CCN(Cc3ccc(F)cc3)C2=O)csc1C(=O)O.Cc1cc(N2CCN(CCOc3ccccc3)C2=O)sc1C(=O)O.NCc1cc2ccccc2[nH]1. The maximum Gasteiger partial charge on any atom is 0.346 e. The summed E-state index contributed by atoms with van der Waals surface area (Å²) >= 11 is 2.27. The monoisotopic (exact) mass is 826 g/mol. The molecule has 2 fully saturated rings. The molecule has 4 amide bonds. The quantitative estimate of drug-likeness (QED) is 0.102. The summed E-state index contributed by atoms with van der Waals surface area (Å²) in [5.74, 6) is -1.46. The second-order valence-electron chi connectivity index (χ2n) is 13.4. The maximum atomic E-state index is 12.9. The molecule has 0 radical (unpaired) electrons. The number of nitrogens with zero attached hydrogens (tertiary/aromatic N) is 4. The summed E-state index contributed by atoms with van der Waals surface area (Å²) < 4.78 is 18.6. The summed E-state index contributed by atoms with van der Waals surface area (Å²) in [4.78, 5) is 57.7. The van der Waals surface area contributed by atoms with Gasteiger partial charge in [-0.2, -0.15) is 0 Å². The maximum absolute atomic E-state index is 12.9. The van der Waals surface area contributed by atoms with Gasteiger partial charge in [0.15, 0.2) is 0 Å². The standard InChI is InChI=1S/C17H18N2O4S.C16H15FN2O3S.C9H10N2/c1-12-11-14(24-15(12)16(20)21)19-8-7-18(17(19)22)9-10-23-13-5-3-2-4-6-13;1-10-13(9-23-14(10)15(20)21)19-7-6-18(16(19)22)8-11-2-4-12(17)5-3-11;10-6-8-5-7-3-1-2-4-9(7)11-8/h2-6,11H,7-10H2,1H3,(H,20,21);2-5,9H,6-8H2,1H3,(H,20,21);1-5,11H,6,10H2. The molecule has 302 valence electrons. The van der Waals surface area contributed by atoms with E-state index in [1.807, 2.05) is 42.5 Å². The average Bonchev–Trinajstić information content (AvgIpc) is 4.05. The van der Waals surface area contributed by atoms with Gasteiger partial charge in [0.05, 0.1) is 12.2 Å². The first-order valence-corrected chi connectivity index (χ1v) is 20.1. The van der Waals surface area contributed by atoms with Gasteiger partial charge in [0, 0.05) is 55.9 Å². The van der Waals surface area contributed by atoms with Crippen LogP contribution in [0.3, 0.4) is 0 Å². The molecule has 16 heteroatoms. The number of aromatic nitrogens is 1. The number of nitrogens with one attached hydrogen (secondary N) is 1. The number of carbonyl (C=O) groups excluding carboxylic acids is 2. The third kappa shape index (κ3) is 9.82. The van der Waals surface area contributed by atoms with Gasteiger partial charge >= 0.3 is 24.0 Å². The lowest BCUT2D eigenvalue weighted by molar-refractivity contribution is 0.0690. The second kappa shape index (κ2) is 18.8. The molecular weight excluding hydrogens is 784 g/mol. The van der Waals surface area contributed by atoms with E-state index in [4.69, 9.17) is 20.7 Å². The minimum atomic E-state index is -0.978. The number of aromatic amines is 1. The largest absolute Gasteiger partial charge is 0.492 e. The van der Waals surface area contributed by atoms with E-state index in [-0.39, 0.29) is 27.6 Å². The minimum Gasteiger partial charge on any atom is -0.492 e. The van der Waals surface area contributed by atoms with E-state index in [1.54, 1.807) is 57.0 Å². The van der Waals surface area contributed by atoms with Crippen molar-refractivity contribution in [1.82, 2.24) is 14.8 Å². The molecule has 5 N–H and O–H groups in total. The number of H-pyrrole nitrogens is 1. The Morgan fingerprint density at radius 2 is 1.48 bits per heavy atom. The summed E-state index contributed by atoms with van der Waals surface area (Å²) in [6.07, 6.45) is 0. The normalized spacial score (nSPS) is 13.7. The third-order valence-corrected chi connectivity index (χ3v) is 11.8. The van der Waals surface area contributed by atoms with Crippen LogP contribution in [-0.2, 0) is 13.1 Å². The van der Waals surface area contributed by atoms with E-state index >= 15 is 0 Å². The highest BCUT2D eigenvalue weighted by Gasteiger charge is 2.33. The lowest BCUT2D eigenvalue weighted by Gasteiger charge is -2.18. The number of anilines is 2. The first-order chi connectivity index (χ1) is 27.9. The fraction of sp³-hybridized carbons (Fsp3) is 0.238. The highest BCUT2D eigenvalue weighted by atomic mass is 32.1. The van der Waals surface area contributed by atoms with Crippen molar-refractivity contribution in [3.8, 4) is 5.75 Å². The number of benzene rings is 3. The number of aryl methyl sites for hydroxylation is 1. The molecule has 8 rings (SSSR count). The van der Waals surface area contributed by atoms with Crippen LogP contribution in [0, 0.1) is 19.7 Å². The lowest BCUT2D eigenvalue weighted by Crippen LogP contribution is -2.34. The number of carboxylic acid groups (broad SMARTS) is 2. The number of amides is 4. The number of urea groups is 2. The fourth-order valence-corrected chi connectivity index (χ4v) is 8.43. The van der Waals surface area contributed by atoms with Gasteiger partial charge in [-0.1, -0.05) is 48.5 Å². The number of fused-ring (bicyclic) bond motifs is 1. The molecule has 3 aromatic heterocycles. The predicted molar refractivity (Wildman–Crippen MR) is 224 cm³/mol. The van der Waals surface area contributed by atoms with Gasteiger partial charge in [0.25, 0.3) is 0 Å². The highest BCUT2D eigenvalue weighted by molar-refractivity contribution is 7.18. The molecule has 2 aliphatic rings. The molecular formula is C42H43FN6O7S2. The summed E-state index contributed by atoms with van der Waals surface area (Å²) in [5, 5.41) is 21.9. The highest BCUT2D eigenvalue weighted by Crippen LogP contribution is 2.33. The number of thiophene rings is 2. The Morgan fingerprint density at radius 1 is 0.828 bits per heavy atom. The molecule has 0 spiro atoms. The number of para-hydroxylation sites is 2. The number of ether oxygens (including phenoxy) is 1. The predicted octanol–water partition coefficient (Wildman–Crippen LogP) is 8.04. The average molecular weight is 827 g/mol. The summed E-state index contributed by atoms with van der Waals surface area (Å²) in [7, 11) is 0. The van der Waals surface area contributed by atoms with Crippen LogP contribution in [0.1, 0.15) is 41.7 Å². The smallest absolute Gasteiger partial charge is 0.346 e. The van der Waals surface area contributed by atoms with Crippen molar-refractivity contribution < 1.29 is 38.5 Å². The lowest BCUT2D eigenvalue weighted by atomic mass is 10.2. The number of hydrogen-bond acceptors (Lipinski definition) is 8. The number of aromatic carboxylic acids is 2. The molecule has 6 aromatic rings. The number of hydrogen-bond donors (Lipinski definition) is 4. The molecule has 0 unspecified atom stereocenters. The van der Waals surface area contributed by atoms with Gasteiger partial charge in [0.2, 0.25) is 0 Å².